The molecule has 0 spiro atoms. The van der Waals surface area contributed by atoms with Crippen LogP contribution in [0.15, 0.2) is 6.07 Å². The fourth-order valence-electron chi connectivity index (χ4n) is 1.19. The largest absolute Gasteiger partial charge is 0.575 e. The Bertz CT molecular complexity index is 549. The third-order valence-corrected chi connectivity index (χ3v) is 3.12. The summed E-state index contributed by atoms with van der Waals surface area (Å²) in [5, 5.41) is 10.7. The average molecular weight is 406 g/mol. The molecular weight excluding hydrogens is 400 g/mol. The number of aromatic nitrogens is 1. The van der Waals surface area contributed by atoms with Gasteiger partial charge in [-0.05, 0) is 33.1 Å². The van der Waals surface area contributed by atoms with Gasteiger partial charge in [0.05, 0.1) is 13.5 Å². The first-order valence-corrected chi connectivity index (χ1v) is 5.88. The lowest BCUT2D eigenvalue weighted by atomic mass is 10.2. The first-order valence-electron chi connectivity index (χ1n) is 4.80. The van der Waals surface area contributed by atoms with E-state index in [-0.39, 0.29) is 9.13 Å². The molecule has 0 bridgehead atoms. The topological polar surface area (TPSA) is 91.6 Å². The number of alkyl halides is 3. The summed E-state index contributed by atoms with van der Waals surface area (Å²) in [5.74, 6) is -2.60. The zero-order valence-corrected chi connectivity index (χ0v) is 11.9. The summed E-state index contributed by atoms with van der Waals surface area (Å²) in [6.45, 7) is 0. The van der Waals surface area contributed by atoms with Gasteiger partial charge in [-0.1, -0.05) is 0 Å². The molecule has 0 saturated carbocycles. The van der Waals surface area contributed by atoms with Gasteiger partial charge in [-0.15, -0.1) is 13.2 Å². The zero-order chi connectivity index (χ0) is 15.5. The van der Waals surface area contributed by atoms with Gasteiger partial charge < -0.3 is 19.6 Å². The summed E-state index contributed by atoms with van der Waals surface area (Å²) in [4.78, 5) is 24.0. The number of hydrogen-bond donors (Lipinski definition) is 0. The van der Waals surface area contributed by atoms with Crippen molar-refractivity contribution >= 4 is 34.4 Å². The number of carbonyl (C=O) groups is 1. The molecule has 0 aliphatic heterocycles. The molecule has 0 aromatic carbocycles. The van der Waals surface area contributed by atoms with Gasteiger partial charge in [-0.2, -0.15) is 0 Å². The van der Waals surface area contributed by atoms with E-state index in [1.165, 1.54) is 22.6 Å². The van der Waals surface area contributed by atoms with Crippen LogP contribution >= 0.6 is 22.6 Å². The van der Waals surface area contributed by atoms with Gasteiger partial charge in [0.2, 0.25) is 0 Å². The summed E-state index contributed by atoms with van der Waals surface area (Å²) < 4.78 is 44.2. The average Bonchev–Trinajstić information content (AvgIpc) is 2.30. The lowest BCUT2D eigenvalue weighted by Crippen LogP contribution is -2.19. The van der Waals surface area contributed by atoms with Crippen LogP contribution < -0.4 is 4.74 Å². The van der Waals surface area contributed by atoms with Crippen LogP contribution in [0.1, 0.15) is 5.56 Å². The van der Waals surface area contributed by atoms with E-state index in [1.807, 2.05) is 0 Å². The Morgan fingerprint density at radius 2 is 2.15 bits per heavy atom. The minimum Gasteiger partial charge on any atom is -0.469 e. The van der Waals surface area contributed by atoms with Gasteiger partial charge in [-0.25, -0.2) is 0 Å². The highest BCUT2D eigenvalue weighted by molar-refractivity contribution is 14.1. The molecule has 0 N–H and O–H groups in total. The molecule has 0 atom stereocenters. The number of esters is 1. The maximum Gasteiger partial charge on any atom is 0.575 e. The summed E-state index contributed by atoms with van der Waals surface area (Å²) in [6, 6.07) is 0.805. The molecule has 1 rings (SSSR count). The van der Waals surface area contributed by atoms with Crippen molar-refractivity contribution in [3.05, 3.63) is 25.3 Å². The van der Waals surface area contributed by atoms with E-state index >= 15 is 0 Å². The predicted molar refractivity (Wildman–Crippen MR) is 66.0 cm³/mol. The minimum atomic E-state index is -5.05. The Morgan fingerprint density at radius 3 is 2.60 bits per heavy atom. The molecular formula is C9H6F3IN2O5. The van der Waals surface area contributed by atoms with Crippen molar-refractivity contribution in [1.29, 1.82) is 0 Å². The van der Waals surface area contributed by atoms with Crippen molar-refractivity contribution < 1.29 is 32.4 Å². The van der Waals surface area contributed by atoms with Crippen LogP contribution in [0.3, 0.4) is 0 Å². The Labute approximate surface area is 123 Å². The van der Waals surface area contributed by atoms with Crippen molar-refractivity contribution in [3.8, 4) is 5.88 Å². The molecule has 0 aliphatic rings. The highest BCUT2D eigenvalue weighted by Crippen LogP contribution is 2.29. The van der Waals surface area contributed by atoms with Gasteiger partial charge in [-0.3, -0.25) is 4.79 Å². The number of pyridine rings is 1. The van der Waals surface area contributed by atoms with Gasteiger partial charge in [0, 0.05) is 11.1 Å². The second-order valence-electron chi connectivity index (χ2n) is 3.32. The monoisotopic (exact) mass is 406 g/mol. The molecule has 0 fully saturated rings. The number of nitrogens with zero attached hydrogens (tertiary/aromatic N) is 2. The lowest BCUT2D eigenvalue weighted by molar-refractivity contribution is -0.391. The van der Waals surface area contributed by atoms with Crippen molar-refractivity contribution in [2.45, 2.75) is 12.8 Å². The Morgan fingerprint density at radius 1 is 1.55 bits per heavy atom. The van der Waals surface area contributed by atoms with E-state index in [0.717, 1.165) is 13.2 Å². The number of ether oxygens (including phenoxy) is 2. The van der Waals surface area contributed by atoms with E-state index < -0.39 is 35.4 Å². The second kappa shape index (κ2) is 6.19. The van der Waals surface area contributed by atoms with Gasteiger partial charge in [0.1, 0.15) is 3.57 Å². The molecule has 1 aromatic rings. The van der Waals surface area contributed by atoms with Crippen LogP contribution in [0.4, 0.5) is 19.0 Å². The highest BCUT2D eigenvalue weighted by atomic mass is 127. The van der Waals surface area contributed by atoms with Crippen LogP contribution in [0.2, 0.25) is 0 Å². The molecule has 0 amide bonds. The summed E-state index contributed by atoms with van der Waals surface area (Å²) in [6.07, 6.45) is -5.48. The summed E-state index contributed by atoms with van der Waals surface area (Å²) in [5.41, 5.74) is -0.0431. The molecule has 11 heteroatoms. The molecule has 1 heterocycles. The standard InChI is InChI=1S/C9H6F3IN2O5/c1-19-6(16)3-4-2-5(20-9(10,11)12)14-8(7(4)13)15(17)18/h2H,3H2,1H3. The molecule has 20 heavy (non-hydrogen) atoms. The van der Waals surface area contributed by atoms with Gasteiger partial charge in [0.25, 0.3) is 0 Å². The normalized spacial score (nSPS) is 11.1. The molecule has 0 unspecified atom stereocenters. The van der Waals surface area contributed by atoms with E-state index in [1.54, 1.807) is 0 Å². The SMILES string of the molecule is COC(=O)Cc1cc(OC(F)(F)F)nc([N+](=O)[O-])c1I. The number of rotatable bonds is 4. The number of nitro groups is 1. The molecule has 0 radical (unpaired) electrons. The molecule has 7 nitrogen and oxygen atoms in total. The fourth-order valence-corrected chi connectivity index (χ4v) is 1.85. The number of halogens is 4. The van der Waals surface area contributed by atoms with Crippen LogP contribution in [0.25, 0.3) is 0 Å². The Hall–Kier alpha value is -1.66. The number of methoxy groups -OCH3 is 1. The second-order valence-corrected chi connectivity index (χ2v) is 4.39. The van der Waals surface area contributed by atoms with E-state index in [2.05, 4.69) is 14.5 Å². The van der Waals surface area contributed by atoms with Crippen LogP contribution in [0.5, 0.6) is 5.88 Å². The Kier molecular flexibility index (Phi) is 5.08. The first kappa shape index (κ1) is 16.4. The predicted octanol–water partition coefficient (Wildman–Crippen LogP) is 2.21. The fraction of sp³-hybridized carbons (Fsp3) is 0.333. The van der Waals surface area contributed by atoms with E-state index in [0.29, 0.717) is 0 Å². The van der Waals surface area contributed by atoms with Gasteiger partial charge >= 0.3 is 24.0 Å². The number of carbonyl (C=O) groups excluding carboxylic acids is 1. The van der Waals surface area contributed by atoms with E-state index in [4.69, 9.17) is 0 Å². The van der Waals surface area contributed by atoms with Crippen LogP contribution in [-0.4, -0.2) is 29.3 Å². The smallest absolute Gasteiger partial charge is 0.469 e. The molecule has 0 saturated heterocycles. The van der Waals surface area contributed by atoms with Crippen molar-refractivity contribution in [3.63, 3.8) is 0 Å². The highest BCUT2D eigenvalue weighted by Gasteiger charge is 2.35. The lowest BCUT2D eigenvalue weighted by Gasteiger charge is -2.08. The maximum absolute atomic E-state index is 12.1. The maximum atomic E-state index is 12.1. The third-order valence-electron chi connectivity index (χ3n) is 1.95. The van der Waals surface area contributed by atoms with Crippen molar-refractivity contribution in [1.82, 2.24) is 4.98 Å². The van der Waals surface area contributed by atoms with Crippen LogP contribution in [-0.2, 0) is 16.0 Å². The minimum absolute atomic E-state index is 0.0431. The molecule has 1 aromatic heterocycles. The molecule has 110 valence electrons. The Balaban J connectivity index is 3.27. The van der Waals surface area contributed by atoms with Crippen molar-refractivity contribution in [2.24, 2.45) is 0 Å². The summed E-state index contributed by atoms with van der Waals surface area (Å²) >= 11 is 1.51. The quantitative estimate of drug-likeness (QED) is 0.330. The zero-order valence-electron chi connectivity index (χ0n) is 9.73. The van der Waals surface area contributed by atoms with Crippen molar-refractivity contribution in [2.75, 3.05) is 7.11 Å². The number of hydrogen-bond acceptors (Lipinski definition) is 6. The van der Waals surface area contributed by atoms with Crippen LogP contribution in [0, 0.1) is 13.7 Å². The molecule has 0 aliphatic carbocycles. The summed E-state index contributed by atoms with van der Waals surface area (Å²) in [7, 11) is 1.08. The third kappa shape index (κ3) is 4.47. The first-order chi connectivity index (χ1) is 9.14. The van der Waals surface area contributed by atoms with Gasteiger partial charge in [0.15, 0.2) is 0 Å². The van der Waals surface area contributed by atoms with E-state index in [9.17, 15) is 28.1 Å².